The van der Waals surface area contributed by atoms with Crippen LogP contribution in [0, 0.1) is 13.8 Å². The third-order valence-electron chi connectivity index (χ3n) is 3.46. The zero-order valence-corrected chi connectivity index (χ0v) is 11.9. The van der Waals surface area contributed by atoms with Crippen LogP contribution >= 0.6 is 0 Å². The second-order valence-electron chi connectivity index (χ2n) is 5.19. The van der Waals surface area contributed by atoms with Crippen molar-refractivity contribution in [2.45, 2.75) is 39.3 Å². The number of ether oxygens (including phenoxy) is 1. The molecule has 1 aromatic rings. The Morgan fingerprint density at radius 1 is 1.28 bits per heavy atom. The van der Waals surface area contributed by atoms with E-state index in [0.717, 1.165) is 6.54 Å². The van der Waals surface area contributed by atoms with Crippen LogP contribution in [-0.2, 0) is 11.3 Å². The van der Waals surface area contributed by atoms with Gasteiger partial charge in [0, 0.05) is 25.8 Å². The minimum Gasteiger partial charge on any atom is -0.396 e. The molecule has 0 saturated heterocycles. The Kier molecular flexibility index (Phi) is 5.79. The molecule has 0 amide bonds. The van der Waals surface area contributed by atoms with Crippen LogP contribution in [0.15, 0.2) is 18.2 Å². The first-order chi connectivity index (χ1) is 8.52. The molecule has 0 aromatic heterocycles. The summed E-state index contributed by atoms with van der Waals surface area (Å²) in [6.45, 7) is 7.91. The van der Waals surface area contributed by atoms with Crippen molar-refractivity contribution in [1.29, 1.82) is 0 Å². The van der Waals surface area contributed by atoms with Gasteiger partial charge in [-0.05, 0) is 43.9 Å². The molecule has 0 spiro atoms. The van der Waals surface area contributed by atoms with Crippen molar-refractivity contribution in [2.24, 2.45) is 0 Å². The van der Waals surface area contributed by atoms with Crippen molar-refractivity contribution >= 4 is 0 Å². The molecule has 18 heavy (non-hydrogen) atoms. The predicted molar refractivity (Wildman–Crippen MR) is 74.7 cm³/mol. The van der Waals surface area contributed by atoms with Gasteiger partial charge in [-0.25, -0.2) is 0 Å². The van der Waals surface area contributed by atoms with Crippen molar-refractivity contribution in [2.75, 3.05) is 20.3 Å². The normalized spacial score (nSPS) is 14.5. The fraction of sp³-hybridized carbons (Fsp3) is 0.600. The van der Waals surface area contributed by atoms with E-state index < -0.39 is 0 Å². The van der Waals surface area contributed by atoms with E-state index in [9.17, 15) is 0 Å². The predicted octanol–water partition coefficient (Wildman–Crippen LogP) is 2.18. The van der Waals surface area contributed by atoms with E-state index >= 15 is 0 Å². The van der Waals surface area contributed by atoms with Gasteiger partial charge in [-0.2, -0.15) is 0 Å². The number of aryl methyl sites for hydroxylation is 2. The largest absolute Gasteiger partial charge is 0.396 e. The number of methoxy groups -OCH3 is 1. The van der Waals surface area contributed by atoms with Gasteiger partial charge in [0.05, 0.1) is 6.61 Å². The number of hydrogen-bond acceptors (Lipinski definition) is 3. The van der Waals surface area contributed by atoms with E-state index in [1.165, 1.54) is 16.7 Å². The third kappa shape index (κ3) is 4.09. The van der Waals surface area contributed by atoms with Gasteiger partial charge in [0.2, 0.25) is 0 Å². The first kappa shape index (κ1) is 15.2. The van der Waals surface area contributed by atoms with Crippen molar-refractivity contribution < 1.29 is 9.84 Å². The lowest BCUT2D eigenvalue weighted by atomic mass is 9.97. The molecule has 102 valence electrons. The minimum atomic E-state index is -0.182. The van der Waals surface area contributed by atoms with E-state index in [1.807, 2.05) is 0 Å². The molecule has 1 atom stereocenters. The molecule has 0 radical (unpaired) electrons. The summed E-state index contributed by atoms with van der Waals surface area (Å²) in [6, 6.07) is 6.34. The molecule has 3 nitrogen and oxygen atoms in total. The Morgan fingerprint density at radius 2 is 1.89 bits per heavy atom. The second-order valence-corrected chi connectivity index (χ2v) is 5.19. The van der Waals surface area contributed by atoms with Crippen molar-refractivity contribution in [3.05, 3.63) is 34.9 Å². The molecule has 2 N–H and O–H groups in total. The number of aliphatic hydroxyl groups is 1. The maximum Gasteiger partial charge on any atom is 0.0642 e. The molecule has 0 aliphatic heterocycles. The summed E-state index contributed by atoms with van der Waals surface area (Å²) in [5, 5.41) is 12.7. The van der Waals surface area contributed by atoms with Gasteiger partial charge in [-0.15, -0.1) is 0 Å². The van der Waals surface area contributed by atoms with Gasteiger partial charge in [-0.1, -0.05) is 18.2 Å². The summed E-state index contributed by atoms with van der Waals surface area (Å²) in [4.78, 5) is 0. The first-order valence-corrected chi connectivity index (χ1v) is 6.42. The van der Waals surface area contributed by atoms with Crippen LogP contribution in [-0.4, -0.2) is 31.0 Å². The molecule has 0 unspecified atom stereocenters. The van der Waals surface area contributed by atoms with E-state index in [2.05, 4.69) is 44.3 Å². The molecule has 0 heterocycles. The van der Waals surface area contributed by atoms with Gasteiger partial charge < -0.3 is 15.2 Å². The average molecular weight is 251 g/mol. The highest BCUT2D eigenvalue weighted by Crippen LogP contribution is 2.16. The molecule has 1 aromatic carbocycles. The zero-order chi connectivity index (χ0) is 13.6. The molecule has 1 rings (SSSR count). The van der Waals surface area contributed by atoms with Gasteiger partial charge in [0.1, 0.15) is 0 Å². The van der Waals surface area contributed by atoms with Gasteiger partial charge in [0.15, 0.2) is 0 Å². The smallest absolute Gasteiger partial charge is 0.0642 e. The summed E-state index contributed by atoms with van der Waals surface area (Å²) in [5.41, 5.74) is 3.74. The van der Waals surface area contributed by atoms with Crippen LogP contribution in [0.2, 0.25) is 0 Å². The van der Waals surface area contributed by atoms with E-state index in [4.69, 9.17) is 9.84 Å². The summed E-state index contributed by atoms with van der Waals surface area (Å²) in [5.74, 6) is 0. The van der Waals surface area contributed by atoms with E-state index in [-0.39, 0.29) is 12.1 Å². The molecular weight excluding hydrogens is 226 g/mol. The lowest BCUT2D eigenvalue weighted by Crippen LogP contribution is -2.46. The van der Waals surface area contributed by atoms with Crippen LogP contribution in [0.1, 0.15) is 30.0 Å². The van der Waals surface area contributed by atoms with Crippen LogP contribution in [0.25, 0.3) is 0 Å². The van der Waals surface area contributed by atoms with Crippen LogP contribution in [0.5, 0.6) is 0 Å². The van der Waals surface area contributed by atoms with Crippen LogP contribution < -0.4 is 5.32 Å². The lowest BCUT2D eigenvalue weighted by molar-refractivity contribution is 0.0969. The molecule has 0 bridgehead atoms. The minimum absolute atomic E-state index is 0.166. The monoisotopic (exact) mass is 251 g/mol. The molecule has 0 fully saturated rings. The topological polar surface area (TPSA) is 41.5 Å². The van der Waals surface area contributed by atoms with E-state index in [1.54, 1.807) is 7.11 Å². The van der Waals surface area contributed by atoms with Crippen molar-refractivity contribution in [3.8, 4) is 0 Å². The summed E-state index contributed by atoms with van der Waals surface area (Å²) >= 11 is 0. The second kappa shape index (κ2) is 6.88. The Hall–Kier alpha value is -0.900. The number of aliphatic hydroxyl groups excluding tert-OH is 1. The summed E-state index contributed by atoms with van der Waals surface area (Å²) < 4.78 is 5.23. The van der Waals surface area contributed by atoms with Gasteiger partial charge in [0.25, 0.3) is 0 Å². The highest BCUT2D eigenvalue weighted by molar-refractivity contribution is 5.33. The first-order valence-electron chi connectivity index (χ1n) is 6.42. The number of hydrogen-bond donors (Lipinski definition) is 2. The average Bonchev–Trinajstić information content (AvgIpc) is 2.29. The Labute approximate surface area is 110 Å². The quantitative estimate of drug-likeness (QED) is 0.780. The van der Waals surface area contributed by atoms with Crippen LogP contribution in [0.3, 0.4) is 0 Å². The standard InChI is InChI=1S/C15H25NO2/c1-12-6-5-7-13(2)14(12)10-16-15(3,8-9-17)11-18-4/h5-7,16-17H,8-11H2,1-4H3/t15-/m1/s1. The molecule has 0 saturated carbocycles. The maximum absolute atomic E-state index is 9.14. The highest BCUT2D eigenvalue weighted by Gasteiger charge is 2.23. The van der Waals surface area contributed by atoms with Crippen LogP contribution in [0.4, 0.5) is 0 Å². The summed E-state index contributed by atoms with van der Waals surface area (Å²) in [6.07, 6.45) is 0.686. The van der Waals surface area contributed by atoms with Crippen molar-refractivity contribution in [3.63, 3.8) is 0 Å². The maximum atomic E-state index is 9.14. The fourth-order valence-corrected chi connectivity index (χ4v) is 2.21. The Bertz CT molecular complexity index is 351. The number of benzene rings is 1. The third-order valence-corrected chi connectivity index (χ3v) is 3.46. The zero-order valence-electron chi connectivity index (χ0n) is 11.9. The highest BCUT2D eigenvalue weighted by atomic mass is 16.5. The molecule has 3 heteroatoms. The molecule has 0 aliphatic carbocycles. The van der Waals surface area contributed by atoms with E-state index in [0.29, 0.717) is 13.0 Å². The van der Waals surface area contributed by atoms with Gasteiger partial charge >= 0.3 is 0 Å². The van der Waals surface area contributed by atoms with Crippen molar-refractivity contribution in [1.82, 2.24) is 5.32 Å². The van der Waals surface area contributed by atoms with Gasteiger partial charge in [-0.3, -0.25) is 0 Å². The lowest BCUT2D eigenvalue weighted by Gasteiger charge is -2.30. The summed E-state index contributed by atoms with van der Waals surface area (Å²) in [7, 11) is 1.69. The fourth-order valence-electron chi connectivity index (χ4n) is 2.21. The Balaban J connectivity index is 2.72. The number of rotatable bonds is 7. The molecule has 0 aliphatic rings. The SMILES string of the molecule is COC[C@@](C)(CCO)NCc1c(C)cccc1C. The Morgan fingerprint density at radius 3 is 2.39 bits per heavy atom. The number of nitrogens with one attached hydrogen (secondary N) is 1. The molecular formula is C15H25NO2.